The fourth-order valence-electron chi connectivity index (χ4n) is 0.911. The van der Waals surface area contributed by atoms with E-state index in [-0.39, 0.29) is 35.1 Å². The maximum absolute atomic E-state index is 10.4. The maximum Gasteiger partial charge on any atom is 1.00 e. The Morgan fingerprint density at radius 2 is 2.00 bits per heavy atom. The number of carbonyl (C=O) groups excluding carboxylic acids is 1. The molecule has 0 saturated carbocycles. The van der Waals surface area contributed by atoms with Crippen LogP contribution in [-0.2, 0) is 0 Å². The first kappa shape index (κ1) is 12.5. The van der Waals surface area contributed by atoms with E-state index in [1.807, 2.05) is 25.1 Å². The number of benzene rings is 1. The smallest absolute Gasteiger partial charge is 0.545 e. The molecule has 0 aliphatic heterocycles. The molecular formula is C9H10NNaO2. The van der Waals surface area contributed by atoms with Crippen molar-refractivity contribution >= 4 is 11.7 Å². The SMILES string of the molecule is CN(C)c1cccc(C(=O)[O-])c1.[Na+]. The molecule has 0 spiro atoms. The van der Waals surface area contributed by atoms with Gasteiger partial charge in [0.2, 0.25) is 0 Å². The summed E-state index contributed by atoms with van der Waals surface area (Å²) in [4.78, 5) is 12.3. The van der Waals surface area contributed by atoms with Crippen LogP contribution >= 0.6 is 0 Å². The fourth-order valence-corrected chi connectivity index (χ4v) is 0.911. The zero-order valence-corrected chi connectivity index (χ0v) is 10.1. The molecule has 0 amide bonds. The zero-order valence-electron chi connectivity index (χ0n) is 8.07. The van der Waals surface area contributed by atoms with Gasteiger partial charge in [-0.3, -0.25) is 0 Å². The zero-order chi connectivity index (χ0) is 9.14. The van der Waals surface area contributed by atoms with E-state index in [9.17, 15) is 9.90 Å². The number of hydrogen-bond donors (Lipinski definition) is 0. The molecular weight excluding hydrogens is 177 g/mol. The van der Waals surface area contributed by atoms with Crippen LogP contribution in [-0.4, -0.2) is 20.1 Å². The van der Waals surface area contributed by atoms with E-state index in [2.05, 4.69) is 0 Å². The summed E-state index contributed by atoms with van der Waals surface area (Å²) in [6, 6.07) is 6.63. The van der Waals surface area contributed by atoms with Gasteiger partial charge in [0.1, 0.15) is 0 Å². The molecule has 0 aliphatic carbocycles. The molecule has 0 bridgehead atoms. The van der Waals surface area contributed by atoms with E-state index in [0.29, 0.717) is 0 Å². The predicted molar refractivity (Wildman–Crippen MR) is 45.1 cm³/mol. The first-order valence-corrected chi connectivity index (χ1v) is 3.60. The molecule has 0 unspecified atom stereocenters. The third-order valence-corrected chi connectivity index (χ3v) is 1.60. The van der Waals surface area contributed by atoms with E-state index in [1.165, 1.54) is 6.07 Å². The molecule has 13 heavy (non-hydrogen) atoms. The monoisotopic (exact) mass is 187 g/mol. The van der Waals surface area contributed by atoms with Crippen LogP contribution in [0.1, 0.15) is 10.4 Å². The average molecular weight is 187 g/mol. The summed E-state index contributed by atoms with van der Waals surface area (Å²) in [5, 5.41) is 10.4. The molecule has 64 valence electrons. The second-order valence-corrected chi connectivity index (χ2v) is 2.73. The molecule has 0 heterocycles. The van der Waals surface area contributed by atoms with Crippen molar-refractivity contribution in [2.75, 3.05) is 19.0 Å². The summed E-state index contributed by atoms with van der Waals surface area (Å²) in [6.07, 6.45) is 0. The average Bonchev–Trinajstić information content (AvgIpc) is 2.04. The summed E-state index contributed by atoms with van der Waals surface area (Å²) in [5.74, 6) is -1.14. The van der Waals surface area contributed by atoms with Gasteiger partial charge in [-0.25, -0.2) is 0 Å². The molecule has 0 saturated heterocycles. The standard InChI is InChI=1S/C9H11NO2.Na/c1-10(2)8-5-3-4-7(6-8)9(11)12;/h3-6H,1-2H3,(H,11,12);/q;+1/p-1. The van der Waals surface area contributed by atoms with Gasteiger partial charge < -0.3 is 14.8 Å². The van der Waals surface area contributed by atoms with Crippen molar-refractivity contribution in [3.8, 4) is 0 Å². The number of nitrogens with zero attached hydrogens (tertiary/aromatic N) is 1. The van der Waals surface area contributed by atoms with Crippen LogP contribution in [0, 0.1) is 0 Å². The Labute approximate surface area is 99.7 Å². The normalized spacial score (nSPS) is 8.77. The molecule has 0 aliphatic rings. The van der Waals surface area contributed by atoms with Crippen molar-refractivity contribution in [3.05, 3.63) is 29.8 Å². The second kappa shape index (κ2) is 5.27. The topological polar surface area (TPSA) is 43.4 Å². The van der Waals surface area contributed by atoms with Gasteiger partial charge in [-0.15, -0.1) is 0 Å². The molecule has 3 nitrogen and oxygen atoms in total. The Balaban J connectivity index is 0.00000144. The maximum atomic E-state index is 10.4. The van der Waals surface area contributed by atoms with Crippen LogP contribution in [0.15, 0.2) is 24.3 Å². The first-order valence-electron chi connectivity index (χ1n) is 3.60. The van der Waals surface area contributed by atoms with Gasteiger partial charge in [-0.05, 0) is 17.7 Å². The second-order valence-electron chi connectivity index (χ2n) is 2.73. The molecule has 0 fully saturated rings. The third-order valence-electron chi connectivity index (χ3n) is 1.60. The molecule has 0 aromatic heterocycles. The van der Waals surface area contributed by atoms with Gasteiger partial charge in [0.15, 0.2) is 0 Å². The summed E-state index contributed by atoms with van der Waals surface area (Å²) >= 11 is 0. The van der Waals surface area contributed by atoms with Gasteiger partial charge in [-0.2, -0.15) is 0 Å². The van der Waals surface area contributed by atoms with Crippen LogP contribution in [0.2, 0.25) is 0 Å². The number of hydrogen-bond acceptors (Lipinski definition) is 3. The van der Waals surface area contributed by atoms with Crippen molar-refractivity contribution in [1.29, 1.82) is 0 Å². The van der Waals surface area contributed by atoms with Crippen LogP contribution in [0.3, 0.4) is 0 Å². The Morgan fingerprint density at radius 1 is 1.38 bits per heavy atom. The minimum atomic E-state index is -1.14. The number of carbonyl (C=O) groups is 1. The number of carboxylic acids is 1. The van der Waals surface area contributed by atoms with E-state index < -0.39 is 5.97 Å². The largest absolute Gasteiger partial charge is 1.00 e. The number of aromatic carboxylic acids is 1. The van der Waals surface area contributed by atoms with E-state index in [4.69, 9.17) is 0 Å². The number of rotatable bonds is 2. The van der Waals surface area contributed by atoms with Gasteiger partial charge in [-0.1, -0.05) is 12.1 Å². The van der Waals surface area contributed by atoms with Crippen molar-refractivity contribution < 1.29 is 39.5 Å². The predicted octanol–water partition coefficient (Wildman–Crippen LogP) is -2.88. The van der Waals surface area contributed by atoms with Crippen LogP contribution in [0.4, 0.5) is 5.69 Å². The molecule has 0 atom stereocenters. The minimum absolute atomic E-state index is 0. The van der Waals surface area contributed by atoms with Crippen molar-refractivity contribution in [2.24, 2.45) is 0 Å². The van der Waals surface area contributed by atoms with Gasteiger partial charge in [0.05, 0.1) is 5.97 Å². The summed E-state index contributed by atoms with van der Waals surface area (Å²) in [6.45, 7) is 0. The van der Waals surface area contributed by atoms with Crippen molar-refractivity contribution in [3.63, 3.8) is 0 Å². The number of anilines is 1. The summed E-state index contributed by atoms with van der Waals surface area (Å²) in [7, 11) is 3.71. The van der Waals surface area contributed by atoms with Gasteiger partial charge >= 0.3 is 29.6 Å². The summed E-state index contributed by atoms with van der Waals surface area (Å²) in [5.41, 5.74) is 1.07. The Hall–Kier alpha value is -0.510. The van der Waals surface area contributed by atoms with Crippen LogP contribution in [0.5, 0.6) is 0 Å². The molecule has 1 rings (SSSR count). The van der Waals surface area contributed by atoms with Gasteiger partial charge in [0, 0.05) is 19.8 Å². The van der Waals surface area contributed by atoms with Gasteiger partial charge in [0.25, 0.3) is 0 Å². The molecule has 1 aromatic carbocycles. The molecule has 0 N–H and O–H groups in total. The Morgan fingerprint density at radius 3 is 2.46 bits per heavy atom. The quantitative estimate of drug-likeness (QED) is 0.467. The van der Waals surface area contributed by atoms with Crippen LogP contribution in [0.25, 0.3) is 0 Å². The summed E-state index contributed by atoms with van der Waals surface area (Å²) < 4.78 is 0. The first-order chi connectivity index (χ1) is 5.61. The van der Waals surface area contributed by atoms with Crippen molar-refractivity contribution in [2.45, 2.75) is 0 Å². The number of carboxylic acid groups (broad SMARTS) is 1. The van der Waals surface area contributed by atoms with E-state index in [0.717, 1.165) is 5.69 Å². The third kappa shape index (κ3) is 3.38. The van der Waals surface area contributed by atoms with Crippen LogP contribution < -0.4 is 39.6 Å². The Bertz CT molecular complexity index is 299. The minimum Gasteiger partial charge on any atom is -0.545 e. The molecule has 0 radical (unpaired) electrons. The molecule has 1 aromatic rings. The van der Waals surface area contributed by atoms with E-state index in [1.54, 1.807) is 12.1 Å². The Kier molecular flexibility index (Phi) is 5.06. The van der Waals surface area contributed by atoms with Crippen molar-refractivity contribution in [1.82, 2.24) is 0 Å². The fraction of sp³-hybridized carbons (Fsp3) is 0.222. The molecule has 4 heteroatoms. The van der Waals surface area contributed by atoms with E-state index >= 15 is 0 Å².